The maximum absolute atomic E-state index is 13.2. The van der Waals surface area contributed by atoms with Crippen molar-refractivity contribution in [3.05, 3.63) is 47.4 Å². The molecule has 0 radical (unpaired) electrons. The topological polar surface area (TPSA) is 62.5 Å². The zero-order valence-corrected chi connectivity index (χ0v) is 15.2. The van der Waals surface area contributed by atoms with Crippen molar-refractivity contribution in [1.29, 1.82) is 0 Å². The fraction of sp³-hybridized carbons (Fsp3) is 0.500. The van der Waals surface area contributed by atoms with Crippen LogP contribution in [0.2, 0.25) is 0 Å². The van der Waals surface area contributed by atoms with Gasteiger partial charge in [0.1, 0.15) is 11.9 Å². The van der Waals surface area contributed by atoms with Crippen molar-refractivity contribution in [2.45, 2.75) is 39.3 Å². The molecule has 0 aliphatic rings. The molecule has 1 heterocycles. The third-order valence-electron chi connectivity index (χ3n) is 3.94. The second-order valence-corrected chi connectivity index (χ2v) is 6.12. The minimum atomic E-state index is -0.498. The van der Waals surface area contributed by atoms with Crippen molar-refractivity contribution in [3.8, 4) is 0 Å². The van der Waals surface area contributed by atoms with Crippen molar-refractivity contribution in [3.63, 3.8) is 0 Å². The first-order valence-electron chi connectivity index (χ1n) is 8.48. The molecular weight excluding hydrogens is 323 g/mol. The normalized spacial score (nSPS) is 12.4. The van der Waals surface area contributed by atoms with E-state index in [-0.39, 0.29) is 18.3 Å². The standard InChI is InChI=1S/C18H25FN4O2/c1-5-7-16-20-15(21-25-16)12-23(6-2)18(24)17(22(3)4)13-8-10-14(19)11-9-13/h8-11,17H,5-7,12H2,1-4H3/t17-/m1/s1. The lowest BCUT2D eigenvalue weighted by atomic mass is 10.0. The van der Waals surface area contributed by atoms with Crippen LogP contribution in [0.4, 0.5) is 4.39 Å². The Morgan fingerprint density at radius 2 is 1.92 bits per heavy atom. The first-order valence-corrected chi connectivity index (χ1v) is 8.48. The van der Waals surface area contributed by atoms with Gasteiger partial charge in [0.2, 0.25) is 11.8 Å². The Bertz CT molecular complexity index is 685. The Morgan fingerprint density at radius 3 is 2.48 bits per heavy atom. The average molecular weight is 348 g/mol. The van der Waals surface area contributed by atoms with Gasteiger partial charge in [-0.3, -0.25) is 9.69 Å². The lowest BCUT2D eigenvalue weighted by molar-refractivity contribution is -0.136. The second-order valence-electron chi connectivity index (χ2n) is 6.12. The molecule has 1 aromatic heterocycles. The predicted molar refractivity (Wildman–Crippen MR) is 92.2 cm³/mol. The molecule has 0 aliphatic carbocycles. The molecule has 1 atom stereocenters. The van der Waals surface area contributed by atoms with Crippen LogP contribution in [0.1, 0.15) is 43.6 Å². The van der Waals surface area contributed by atoms with Crippen LogP contribution in [-0.4, -0.2) is 46.5 Å². The Kier molecular flexibility index (Phi) is 6.64. The smallest absolute Gasteiger partial charge is 0.244 e. The highest BCUT2D eigenvalue weighted by Crippen LogP contribution is 2.22. The number of benzene rings is 1. The molecule has 0 fully saturated rings. The number of rotatable bonds is 8. The molecule has 0 saturated heterocycles. The van der Waals surface area contributed by atoms with Crippen LogP contribution in [0.15, 0.2) is 28.8 Å². The predicted octanol–water partition coefficient (Wildman–Crippen LogP) is 2.81. The van der Waals surface area contributed by atoms with Crippen molar-refractivity contribution in [2.75, 3.05) is 20.6 Å². The third kappa shape index (κ3) is 4.85. The fourth-order valence-electron chi connectivity index (χ4n) is 2.67. The van der Waals surface area contributed by atoms with E-state index in [2.05, 4.69) is 10.1 Å². The highest BCUT2D eigenvalue weighted by molar-refractivity contribution is 5.83. The third-order valence-corrected chi connectivity index (χ3v) is 3.94. The van der Waals surface area contributed by atoms with Gasteiger partial charge in [-0.15, -0.1) is 0 Å². The molecule has 1 amide bonds. The van der Waals surface area contributed by atoms with E-state index in [4.69, 9.17) is 4.52 Å². The van der Waals surface area contributed by atoms with Crippen LogP contribution in [0.5, 0.6) is 0 Å². The quantitative estimate of drug-likeness (QED) is 0.734. The molecule has 2 aromatic rings. The van der Waals surface area contributed by atoms with E-state index in [0.29, 0.717) is 18.3 Å². The van der Waals surface area contributed by atoms with Crippen LogP contribution in [0.25, 0.3) is 0 Å². The van der Waals surface area contributed by atoms with Crippen LogP contribution < -0.4 is 0 Å². The van der Waals surface area contributed by atoms with Gasteiger partial charge in [-0.2, -0.15) is 4.98 Å². The van der Waals surface area contributed by atoms with Gasteiger partial charge in [-0.05, 0) is 45.1 Å². The molecule has 0 bridgehead atoms. The van der Waals surface area contributed by atoms with Gasteiger partial charge in [0.15, 0.2) is 5.82 Å². The summed E-state index contributed by atoms with van der Waals surface area (Å²) >= 11 is 0. The average Bonchev–Trinajstić information content (AvgIpc) is 3.02. The summed E-state index contributed by atoms with van der Waals surface area (Å²) in [5.74, 6) is 0.677. The van der Waals surface area contributed by atoms with Gasteiger partial charge >= 0.3 is 0 Å². The molecule has 1 aromatic carbocycles. The van der Waals surface area contributed by atoms with Crippen LogP contribution in [-0.2, 0) is 17.8 Å². The molecule has 7 heteroatoms. The minimum absolute atomic E-state index is 0.0825. The second kappa shape index (κ2) is 8.71. The molecule has 0 spiro atoms. The Hall–Kier alpha value is -2.28. The van der Waals surface area contributed by atoms with E-state index < -0.39 is 6.04 Å². The summed E-state index contributed by atoms with van der Waals surface area (Å²) in [6.45, 7) is 4.74. The molecule has 6 nitrogen and oxygen atoms in total. The van der Waals surface area contributed by atoms with Gasteiger partial charge in [-0.25, -0.2) is 4.39 Å². The van der Waals surface area contributed by atoms with E-state index in [1.54, 1.807) is 17.0 Å². The Morgan fingerprint density at radius 1 is 1.24 bits per heavy atom. The molecule has 0 unspecified atom stereocenters. The number of hydrogen-bond acceptors (Lipinski definition) is 5. The highest BCUT2D eigenvalue weighted by Gasteiger charge is 2.28. The summed E-state index contributed by atoms with van der Waals surface area (Å²) < 4.78 is 18.4. The SMILES string of the molecule is CCCc1nc(CN(CC)C(=O)[C@@H](c2ccc(F)cc2)N(C)C)no1. The number of nitrogens with zero attached hydrogens (tertiary/aromatic N) is 4. The van der Waals surface area contributed by atoms with E-state index in [1.807, 2.05) is 32.8 Å². The first kappa shape index (κ1) is 19.1. The first-order chi connectivity index (χ1) is 12.0. The van der Waals surface area contributed by atoms with Gasteiger partial charge in [-0.1, -0.05) is 24.2 Å². The highest BCUT2D eigenvalue weighted by atomic mass is 19.1. The summed E-state index contributed by atoms with van der Waals surface area (Å²) in [6.07, 6.45) is 1.65. The van der Waals surface area contributed by atoms with Crippen LogP contribution >= 0.6 is 0 Å². The van der Waals surface area contributed by atoms with Gasteiger partial charge in [0.25, 0.3) is 0 Å². The number of carbonyl (C=O) groups is 1. The maximum Gasteiger partial charge on any atom is 0.244 e. The number of halogens is 1. The van der Waals surface area contributed by atoms with Crippen molar-refractivity contribution in [2.24, 2.45) is 0 Å². The lowest BCUT2D eigenvalue weighted by Crippen LogP contribution is -2.40. The number of aryl methyl sites for hydroxylation is 1. The maximum atomic E-state index is 13.2. The molecule has 2 rings (SSSR count). The summed E-state index contributed by atoms with van der Waals surface area (Å²) in [6, 6.07) is 5.51. The summed E-state index contributed by atoms with van der Waals surface area (Å²) in [5, 5.41) is 3.95. The zero-order valence-electron chi connectivity index (χ0n) is 15.2. The van der Waals surface area contributed by atoms with Crippen LogP contribution in [0.3, 0.4) is 0 Å². The molecule has 0 N–H and O–H groups in total. The monoisotopic (exact) mass is 348 g/mol. The van der Waals surface area contributed by atoms with E-state index >= 15 is 0 Å². The molecule has 25 heavy (non-hydrogen) atoms. The van der Waals surface area contributed by atoms with Crippen molar-refractivity contribution >= 4 is 5.91 Å². The number of carbonyl (C=O) groups excluding carboxylic acids is 1. The van der Waals surface area contributed by atoms with E-state index in [0.717, 1.165) is 18.4 Å². The summed E-state index contributed by atoms with van der Waals surface area (Å²) in [7, 11) is 3.65. The molecule has 0 aliphatic heterocycles. The Balaban J connectivity index is 2.18. The van der Waals surface area contributed by atoms with Crippen molar-refractivity contribution < 1.29 is 13.7 Å². The Labute approximate surface area is 147 Å². The lowest BCUT2D eigenvalue weighted by Gasteiger charge is -2.29. The number of hydrogen-bond donors (Lipinski definition) is 0. The summed E-state index contributed by atoms with van der Waals surface area (Å²) in [5.41, 5.74) is 0.745. The summed E-state index contributed by atoms with van der Waals surface area (Å²) in [4.78, 5) is 20.9. The van der Waals surface area contributed by atoms with Gasteiger partial charge < -0.3 is 9.42 Å². The minimum Gasteiger partial charge on any atom is -0.339 e. The number of aromatic nitrogens is 2. The van der Waals surface area contributed by atoms with E-state index in [9.17, 15) is 9.18 Å². The fourth-order valence-corrected chi connectivity index (χ4v) is 2.67. The van der Waals surface area contributed by atoms with Gasteiger partial charge in [0.05, 0.1) is 6.54 Å². The largest absolute Gasteiger partial charge is 0.339 e. The number of amides is 1. The number of likely N-dealkylation sites (N-methyl/N-ethyl adjacent to an activating group) is 2. The van der Waals surface area contributed by atoms with Crippen molar-refractivity contribution in [1.82, 2.24) is 19.9 Å². The molecule has 136 valence electrons. The van der Waals surface area contributed by atoms with E-state index in [1.165, 1.54) is 12.1 Å². The van der Waals surface area contributed by atoms with Crippen LogP contribution in [0, 0.1) is 5.82 Å². The molecular formula is C18H25FN4O2. The molecule has 0 saturated carbocycles. The van der Waals surface area contributed by atoms with Gasteiger partial charge in [0, 0.05) is 13.0 Å². The zero-order chi connectivity index (χ0) is 18.4.